The molecular formula is C42H57N3O10S. The zero-order chi connectivity index (χ0) is 39.8. The molecule has 2 aromatic rings. The van der Waals surface area contributed by atoms with Crippen molar-refractivity contribution < 1.29 is 46.5 Å². The molecule has 7 rings (SSSR count). The second kappa shape index (κ2) is 16.1. The van der Waals surface area contributed by atoms with E-state index in [1.807, 2.05) is 12.1 Å². The Labute approximate surface area is 330 Å². The Bertz CT molecular complexity index is 1960. The maximum absolute atomic E-state index is 14.7. The number of sulfonamides is 1. The summed E-state index contributed by atoms with van der Waals surface area (Å²) < 4.78 is 52.1. The van der Waals surface area contributed by atoms with E-state index in [2.05, 4.69) is 23.6 Å². The molecule has 13 nitrogen and oxygen atoms in total. The molecule has 1 aromatic carbocycles. The highest BCUT2D eigenvalue weighted by Crippen LogP contribution is 2.59. The fourth-order valence-corrected chi connectivity index (χ4v) is 10.5. The van der Waals surface area contributed by atoms with Crippen molar-refractivity contribution in [3.05, 3.63) is 23.8 Å². The number of nitrogens with one attached hydrogen (secondary N) is 1. The van der Waals surface area contributed by atoms with E-state index >= 15 is 0 Å². The molecule has 5 aliphatic rings. The highest BCUT2D eigenvalue weighted by Gasteiger charge is 2.62. The number of ether oxygens (including phenoxy) is 4. The summed E-state index contributed by atoms with van der Waals surface area (Å²) in [5, 5.41) is 0.163. The second-order valence-electron chi connectivity index (χ2n) is 17.6. The largest absolute Gasteiger partial charge is 0.496 e. The van der Waals surface area contributed by atoms with Gasteiger partial charge in [-0.05, 0) is 74.3 Å². The molecule has 5 atom stereocenters. The number of fused-ring (bicyclic) bond motifs is 4. The van der Waals surface area contributed by atoms with Crippen molar-refractivity contribution in [2.24, 2.45) is 22.7 Å². The number of hydrogen-bond acceptors (Lipinski definition) is 11. The molecule has 0 radical (unpaired) electrons. The molecule has 0 spiro atoms. The van der Waals surface area contributed by atoms with Gasteiger partial charge in [-0.15, -0.1) is 0 Å². The quantitative estimate of drug-likeness (QED) is 0.362. The van der Waals surface area contributed by atoms with E-state index < -0.39 is 50.6 Å². The number of esters is 1. The molecule has 2 saturated heterocycles. The summed E-state index contributed by atoms with van der Waals surface area (Å²) in [7, 11) is -0.681. The van der Waals surface area contributed by atoms with Crippen LogP contribution in [0.5, 0.6) is 17.4 Å². The monoisotopic (exact) mass is 795 g/mol. The minimum absolute atomic E-state index is 0.0850. The van der Waals surface area contributed by atoms with Gasteiger partial charge in [-0.1, -0.05) is 46.0 Å². The summed E-state index contributed by atoms with van der Waals surface area (Å²) in [6, 6.07) is 4.65. The van der Waals surface area contributed by atoms with Crippen LogP contribution in [-0.4, -0.2) is 86.6 Å². The van der Waals surface area contributed by atoms with E-state index in [0.29, 0.717) is 55.0 Å². The van der Waals surface area contributed by atoms with Crippen LogP contribution in [0.4, 0.5) is 0 Å². The third-order valence-electron chi connectivity index (χ3n) is 12.7. The fourth-order valence-electron chi connectivity index (χ4n) is 9.12. The highest BCUT2D eigenvalue weighted by molar-refractivity contribution is 7.90. The van der Waals surface area contributed by atoms with Gasteiger partial charge in [0.15, 0.2) is 5.78 Å². The van der Waals surface area contributed by atoms with Crippen molar-refractivity contribution in [2.75, 3.05) is 27.4 Å². The van der Waals surface area contributed by atoms with Gasteiger partial charge in [0.2, 0.25) is 27.7 Å². The molecule has 3 aliphatic heterocycles. The first-order valence-corrected chi connectivity index (χ1v) is 22.0. The number of carbonyl (C=O) groups is 4. The van der Waals surface area contributed by atoms with Crippen molar-refractivity contribution in [1.29, 1.82) is 0 Å². The van der Waals surface area contributed by atoms with Crippen LogP contribution in [0.15, 0.2) is 18.2 Å². The maximum atomic E-state index is 14.7. The fraction of sp³-hybridized carbons (Fsp3) is 0.690. The molecule has 4 heterocycles. The van der Waals surface area contributed by atoms with Crippen LogP contribution in [0, 0.1) is 22.7 Å². The van der Waals surface area contributed by atoms with E-state index in [9.17, 15) is 27.6 Å². The van der Waals surface area contributed by atoms with E-state index in [4.69, 9.17) is 18.9 Å². The van der Waals surface area contributed by atoms with Crippen LogP contribution < -0.4 is 18.9 Å². The second-order valence-corrected chi connectivity index (χ2v) is 19.6. The predicted octanol–water partition coefficient (Wildman–Crippen LogP) is 5.83. The Balaban J connectivity index is 1.26. The van der Waals surface area contributed by atoms with Crippen LogP contribution in [0.25, 0.3) is 10.9 Å². The van der Waals surface area contributed by atoms with Crippen molar-refractivity contribution in [3.8, 4) is 17.4 Å². The standard InChI is InChI=1S/C42H57N3O10S/c1-41(2)16-10-12-26-17-31-32(20-35(26)52-3)43-37(53-4)21-36(31)55-29-19-33-34(46)23-42(40(49)44-56(50,51)30-14-15-30)22-28(42)13-9-7-5-6-8-11-27(18-38(47)54-25-41)39(48)45(33)24-29/h17,20-21,27-30,33H,5-16,18-19,22-25H2,1-4H3,(H,44,49)/t27-,28-,29-,33+,42-/m1/s1. The molecule has 5 bridgehead atoms. The van der Waals surface area contributed by atoms with E-state index in [1.54, 1.807) is 18.1 Å². The predicted molar refractivity (Wildman–Crippen MR) is 208 cm³/mol. The summed E-state index contributed by atoms with van der Waals surface area (Å²) >= 11 is 0. The topological polar surface area (TPSA) is 167 Å². The number of nitrogens with zero attached hydrogens (tertiary/aromatic N) is 2. The zero-order valence-electron chi connectivity index (χ0n) is 33.2. The lowest BCUT2D eigenvalue weighted by molar-refractivity contribution is -0.152. The number of ketones is 1. The number of hydrogen-bond donors (Lipinski definition) is 1. The van der Waals surface area contributed by atoms with Gasteiger partial charge in [-0.2, -0.15) is 0 Å². The molecule has 1 N–H and O–H groups in total. The van der Waals surface area contributed by atoms with Gasteiger partial charge >= 0.3 is 5.97 Å². The van der Waals surface area contributed by atoms with Crippen molar-refractivity contribution >= 4 is 44.5 Å². The molecule has 0 unspecified atom stereocenters. The average Bonchev–Trinajstić information content (AvgIpc) is 4.09. The summed E-state index contributed by atoms with van der Waals surface area (Å²) in [5.41, 5.74) is 0.0971. The average molecular weight is 796 g/mol. The molecule has 2 aliphatic carbocycles. The number of aromatic nitrogens is 1. The molecule has 1 aromatic heterocycles. The zero-order valence-corrected chi connectivity index (χ0v) is 34.0. The first-order chi connectivity index (χ1) is 26.7. The summed E-state index contributed by atoms with van der Waals surface area (Å²) in [6.45, 7) is 4.42. The van der Waals surface area contributed by atoms with Crippen LogP contribution in [0.3, 0.4) is 0 Å². The Hall–Kier alpha value is -3.94. The van der Waals surface area contributed by atoms with Crippen LogP contribution in [0.2, 0.25) is 0 Å². The molecule has 56 heavy (non-hydrogen) atoms. The van der Waals surface area contributed by atoms with Gasteiger partial charge in [-0.25, -0.2) is 13.4 Å². The van der Waals surface area contributed by atoms with E-state index in [1.165, 1.54) is 7.11 Å². The van der Waals surface area contributed by atoms with Crippen molar-refractivity contribution in [1.82, 2.24) is 14.6 Å². The van der Waals surface area contributed by atoms with E-state index in [-0.39, 0.29) is 55.4 Å². The van der Waals surface area contributed by atoms with Gasteiger partial charge in [0.05, 0.1) is 56.0 Å². The first kappa shape index (κ1) is 40.3. The van der Waals surface area contributed by atoms with Crippen molar-refractivity contribution in [3.63, 3.8) is 0 Å². The Morgan fingerprint density at radius 3 is 2.45 bits per heavy atom. The number of aryl methyl sites for hydroxylation is 1. The molecule has 14 heteroatoms. The van der Waals surface area contributed by atoms with Gasteiger partial charge in [0.25, 0.3) is 0 Å². The SMILES string of the molecule is COc1cc2c3cc(c(OC)cc3n1)CCCC(C)(C)COC(=O)C[C@H]1CCCCCCC[C@@H]3C[C@@]3(C(=O)NS(=O)(=O)C3CC3)CC(=O)[C@@H]3C[C@H](CN3C1=O)O2. The lowest BCUT2D eigenvalue weighted by Gasteiger charge is -2.29. The van der Waals surface area contributed by atoms with E-state index in [0.717, 1.165) is 62.3 Å². The van der Waals surface area contributed by atoms with Gasteiger partial charge < -0.3 is 23.8 Å². The number of rotatable bonds is 5. The molecule has 306 valence electrons. The molecule has 2 amide bonds. The number of benzene rings is 1. The summed E-state index contributed by atoms with van der Waals surface area (Å²) in [4.78, 5) is 62.9. The van der Waals surface area contributed by atoms with Crippen LogP contribution >= 0.6 is 0 Å². The minimum Gasteiger partial charge on any atom is -0.496 e. The number of methoxy groups -OCH3 is 2. The summed E-state index contributed by atoms with van der Waals surface area (Å²) in [5.74, 6) is -0.996. The molecule has 2 saturated carbocycles. The van der Waals surface area contributed by atoms with Gasteiger partial charge in [-0.3, -0.25) is 23.9 Å². The Kier molecular flexibility index (Phi) is 11.6. The lowest BCUT2D eigenvalue weighted by atomic mass is 9.87. The van der Waals surface area contributed by atoms with Gasteiger partial charge in [0, 0.05) is 36.3 Å². The summed E-state index contributed by atoms with van der Waals surface area (Å²) in [6.07, 6.45) is 8.52. The number of Topliss-reactive ketones (excluding diaryl/α,β-unsaturated/α-hetero) is 1. The van der Waals surface area contributed by atoms with Gasteiger partial charge in [0.1, 0.15) is 17.6 Å². The van der Waals surface area contributed by atoms with Crippen LogP contribution in [-0.2, 0) is 40.4 Å². The Morgan fingerprint density at radius 2 is 1.71 bits per heavy atom. The number of pyridine rings is 1. The smallest absolute Gasteiger partial charge is 0.306 e. The highest BCUT2D eigenvalue weighted by atomic mass is 32.2. The third-order valence-corrected chi connectivity index (χ3v) is 14.6. The van der Waals surface area contributed by atoms with Crippen molar-refractivity contribution in [2.45, 2.75) is 134 Å². The molecular weight excluding hydrogens is 739 g/mol. The third kappa shape index (κ3) is 8.79. The minimum atomic E-state index is -3.82. The number of cyclic esters (lactones) is 1. The number of carbonyl (C=O) groups excluding carboxylic acids is 4. The van der Waals surface area contributed by atoms with Crippen LogP contribution in [0.1, 0.15) is 116 Å². The Morgan fingerprint density at radius 1 is 0.964 bits per heavy atom. The maximum Gasteiger partial charge on any atom is 0.306 e. The first-order valence-electron chi connectivity index (χ1n) is 20.5. The lowest BCUT2D eigenvalue weighted by Crippen LogP contribution is -2.46. The normalized spacial score (nSPS) is 29.2. The molecule has 4 fully saturated rings. The number of amides is 2.